The third-order valence-electron chi connectivity index (χ3n) is 2.67. The molecule has 0 saturated heterocycles. The first kappa shape index (κ1) is 10.6. The Morgan fingerprint density at radius 2 is 2.17 bits per heavy atom. The number of nitrogen functional groups attached to an aromatic ring is 1. The van der Waals surface area contributed by atoms with E-state index in [-0.39, 0.29) is 0 Å². The summed E-state index contributed by atoms with van der Waals surface area (Å²) in [5, 5.41) is 4.17. The SMILES string of the molecule is Nc1ccc2c(NCc3ccco3)ncnc2c1. The van der Waals surface area contributed by atoms with E-state index in [0.717, 1.165) is 22.5 Å². The molecule has 2 aromatic heterocycles. The molecule has 0 aliphatic carbocycles. The van der Waals surface area contributed by atoms with Gasteiger partial charge in [-0.1, -0.05) is 0 Å². The molecule has 0 bridgehead atoms. The fraction of sp³-hybridized carbons (Fsp3) is 0.0769. The van der Waals surface area contributed by atoms with Crippen LogP contribution in [0.3, 0.4) is 0 Å². The van der Waals surface area contributed by atoms with Gasteiger partial charge >= 0.3 is 0 Å². The summed E-state index contributed by atoms with van der Waals surface area (Å²) in [4.78, 5) is 8.42. The minimum Gasteiger partial charge on any atom is -0.467 e. The van der Waals surface area contributed by atoms with Gasteiger partial charge in [-0.2, -0.15) is 0 Å². The Bertz CT molecular complexity index is 664. The molecular weight excluding hydrogens is 228 g/mol. The van der Waals surface area contributed by atoms with Crippen LogP contribution in [0.2, 0.25) is 0 Å². The number of benzene rings is 1. The molecule has 0 aliphatic heterocycles. The van der Waals surface area contributed by atoms with Crippen molar-refractivity contribution in [3.63, 3.8) is 0 Å². The van der Waals surface area contributed by atoms with Gasteiger partial charge in [-0.05, 0) is 30.3 Å². The highest BCUT2D eigenvalue weighted by atomic mass is 16.3. The maximum absolute atomic E-state index is 5.73. The Kier molecular flexibility index (Phi) is 2.57. The predicted octanol–water partition coefficient (Wildman–Crippen LogP) is 2.42. The van der Waals surface area contributed by atoms with E-state index in [0.29, 0.717) is 12.2 Å². The molecule has 0 saturated carbocycles. The van der Waals surface area contributed by atoms with Crippen LogP contribution in [0.25, 0.3) is 10.9 Å². The van der Waals surface area contributed by atoms with Crippen molar-refractivity contribution in [2.45, 2.75) is 6.54 Å². The van der Waals surface area contributed by atoms with Crippen molar-refractivity contribution in [2.24, 2.45) is 0 Å². The molecule has 0 amide bonds. The lowest BCUT2D eigenvalue weighted by Crippen LogP contribution is -2.01. The van der Waals surface area contributed by atoms with Gasteiger partial charge in [-0.3, -0.25) is 0 Å². The summed E-state index contributed by atoms with van der Waals surface area (Å²) >= 11 is 0. The summed E-state index contributed by atoms with van der Waals surface area (Å²) in [5.41, 5.74) is 7.25. The molecule has 3 N–H and O–H groups in total. The van der Waals surface area contributed by atoms with E-state index in [4.69, 9.17) is 10.2 Å². The van der Waals surface area contributed by atoms with Gasteiger partial charge in [0.05, 0.1) is 18.3 Å². The Hall–Kier alpha value is -2.56. The molecule has 2 heterocycles. The number of nitrogens with zero attached hydrogens (tertiary/aromatic N) is 2. The maximum Gasteiger partial charge on any atom is 0.137 e. The van der Waals surface area contributed by atoms with Crippen molar-refractivity contribution in [1.29, 1.82) is 0 Å². The third kappa shape index (κ3) is 1.98. The summed E-state index contributed by atoms with van der Waals surface area (Å²) in [7, 11) is 0. The average molecular weight is 240 g/mol. The fourth-order valence-corrected chi connectivity index (χ4v) is 1.80. The number of furan rings is 1. The molecular formula is C13H12N4O. The van der Waals surface area contributed by atoms with Crippen LogP contribution < -0.4 is 11.1 Å². The summed E-state index contributed by atoms with van der Waals surface area (Å²) in [6.45, 7) is 0.587. The predicted molar refractivity (Wildman–Crippen MR) is 70.0 cm³/mol. The quantitative estimate of drug-likeness (QED) is 0.687. The molecule has 0 unspecified atom stereocenters. The van der Waals surface area contributed by atoms with Crippen LogP contribution in [0.15, 0.2) is 47.3 Å². The zero-order chi connectivity index (χ0) is 12.4. The molecule has 90 valence electrons. The Balaban J connectivity index is 1.92. The van der Waals surface area contributed by atoms with Gasteiger partial charge in [-0.15, -0.1) is 0 Å². The largest absolute Gasteiger partial charge is 0.467 e. The van der Waals surface area contributed by atoms with E-state index in [1.54, 1.807) is 6.26 Å². The Morgan fingerprint density at radius 1 is 1.22 bits per heavy atom. The van der Waals surface area contributed by atoms with Gasteiger partial charge in [0.2, 0.25) is 0 Å². The minimum absolute atomic E-state index is 0.587. The van der Waals surface area contributed by atoms with Crippen LogP contribution >= 0.6 is 0 Å². The Labute approximate surface area is 104 Å². The van der Waals surface area contributed by atoms with Crippen LogP contribution in [-0.4, -0.2) is 9.97 Å². The molecule has 0 spiro atoms. The van der Waals surface area contributed by atoms with Crippen molar-refractivity contribution < 1.29 is 4.42 Å². The second-order valence-corrected chi connectivity index (χ2v) is 3.93. The molecule has 0 aliphatic rings. The standard InChI is InChI=1S/C13H12N4O/c14-9-3-4-11-12(6-9)16-8-17-13(11)15-7-10-2-1-5-18-10/h1-6,8H,7,14H2,(H,15,16,17). The summed E-state index contributed by atoms with van der Waals surface area (Å²) in [6, 6.07) is 9.35. The van der Waals surface area contributed by atoms with Crippen LogP contribution in [-0.2, 0) is 6.54 Å². The highest BCUT2D eigenvalue weighted by Gasteiger charge is 2.04. The molecule has 5 nitrogen and oxygen atoms in total. The van der Waals surface area contributed by atoms with Gasteiger partial charge in [0.15, 0.2) is 0 Å². The summed E-state index contributed by atoms with van der Waals surface area (Å²) in [5.74, 6) is 1.63. The number of anilines is 2. The second kappa shape index (κ2) is 4.37. The maximum atomic E-state index is 5.73. The first-order valence-corrected chi connectivity index (χ1v) is 5.59. The van der Waals surface area contributed by atoms with Gasteiger partial charge in [0.25, 0.3) is 0 Å². The average Bonchev–Trinajstić information content (AvgIpc) is 2.89. The van der Waals surface area contributed by atoms with Crippen molar-refractivity contribution in [3.8, 4) is 0 Å². The van der Waals surface area contributed by atoms with E-state index in [2.05, 4.69) is 15.3 Å². The third-order valence-corrected chi connectivity index (χ3v) is 2.67. The topological polar surface area (TPSA) is 77.0 Å². The van der Waals surface area contributed by atoms with Crippen molar-refractivity contribution in [3.05, 3.63) is 48.7 Å². The normalized spacial score (nSPS) is 10.7. The molecule has 3 rings (SSSR count). The van der Waals surface area contributed by atoms with Gasteiger partial charge in [0, 0.05) is 11.1 Å². The zero-order valence-electron chi connectivity index (χ0n) is 9.63. The summed E-state index contributed by atoms with van der Waals surface area (Å²) < 4.78 is 5.26. The van der Waals surface area contributed by atoms with Gasteiger partial charge in [-0.25, -0.2) is 9.97 Å². The van der Waals surface area contributed by atoms with Crippen LogP contribution in [0.5, 0.6) is 0 Å². The van der Waals surface area contributed by atoms with Crippen molar-refractivity contribution in [2.75, 3.05) is 11.1 Å². The molecule has 0 atom stereocenters. The number of fused-ring (bicyclic) bond motifs is 1. The first-order chi connectivity index (χ1) is 8.83. The zero-order valence-corrected chi connectivity index (χ0v) is 9.63. The van der Waals surface area contributed by atoms with Crippen LogP contribution in [0.4, 0.5) is 11.5 Å². The highest BCUT2D eigenvalue weighted by Crippen LogP contribution is 2.21. The number of rotatable bonds is 3. The molecule has 5 heteroatoms. The van der Waals surface area contributed by atoms with Crippen molar-refractivity contribution in [1.82, 2.24) is 9.97 Å². The molecule has 3 aromatic rings. The molecule has 0 fully saturated rings. The second-order valence-electron chi connectivity index (χ2n) is 3.93. The number of hydrogen-bond acceptors (Lipinski definition) is 5. The van der Waals surface area contributed by atoms with E-state index < -0.39 is 0 Å². The van der Waals surface area contributed by atoms with Gasteiger partial charge < -0.3 is 15.5 Å². The first-order valence-electron chi connectivity index (χ1n) is 5.59. The number of aromatic nitrogens is 2. The molecule has 0 radical (unpaired) electrons. The van der Waals surface area contributed by atoms with Crippen LogP contribution in [0, 0.1) is 0 Å². The van der Waals surface area contributed by atoms with E-state index in [1.807, 2.05) is 30.3 Å². The Morgan fingerprint density at radius 3 is 3.00 bits per heavy atom. The summed E-state index contributed by atoms with van der Waals surface area (Å²) in [6.07, 6.45) is 3.17. The number of nitrogens with two attached hydrogens (primary N) is 1. The van der Waals surface area contributed by atoms with E-state index >= 15 is 0 Å². The van der Waals surface area contributed by atoms with Crippen molar-refractivity contribution >= 4 is 22.4 Å². The molecule has 18 heavy (non-hydrogen) atoms. The lowest BCUT2D eigenvalue weighted by Gasteiger charge is -2.07. The van der Waals surface area contributed by atoms with E-state index in [9.17, 15) is 0 Å². The number of hydrogen-bond donors (Lipinski definition) is 2. The monoisotopic (exact) mass is 240 g/mol. The van der Waals surface area contributed by atoms with E-state index in [1.165, 1.54) is 6.33 Å². The van der Waals surface area contributed by atoms with Gasteiger partial charge in [0.1, 0.15) is 17.9 Å². The lowest BCUT2D eigenvalue weighted by molar-refractivity contribution is 0.518. The lowest BCUT2D eigenvalue weighted by atomic mass is 10.2. The fourth-order valence-electron chi connectivity index (χ4n) is 1.80. The highest BCUT2D eigenvalue weighted by molar-refractivity contribution is 5.90. The minimum atomic E-state index is 0.587. The molecule has 1 aromatic carbocycles. The smallest absolute Gasteiger partial charge is 0.137 e. The number of nitrogens with one attached hydrogen (secondary N) is 1. The van der Waals surface area contributed by atoms with Crippen LogP contribution in [0.1, 0.15) is 5.76 Å².